The summed E-state index contributed by atoms with van der Waals surface area (Å²) < 4.78 is 0. The van der Waals surface area contributed by atoms with Crippen LogP contribution in [0.5, 0.6) is 0 Å². The molecule has 5 heteroatoms. The zero-order chi connectivity index (χ0) is 15.2. The predicted octanol–water partition coefficient (Wildman–Crippen LogP) is 3.35. The van der Waals surface area contributed by atoms with Crippen molar-refractivity contribution in [2.75, 3.05) is 0 Å². The zero-order valence-corrected chi connectivity index (χ0v) is 13.3. The number of rotatable bonds is 5. The van der Waals surface area contributed by atoms with Gasteiger partial charge >= 0.3 is 6.03 Å². The van der Waals surface area contributed by atoms with Crippen LogP contribution >= 0.6 is 11.3 Å². The molecule has 0 radical (unpaired) electrons. The maximum Gasteiger partial charge on any atom is 0.315 e. The Morgan fingerprint density at radius 3 is 2.91 bits per heavy atom. The van der Waals surface area contributed by atoms with Crippen LogP contribution in [0.2, 0.25) is 0 Å². The lowest BCUT2D eigenvalue weighted by Gasteiger charge is -2.21. The Kier molecular flexibility index (Phi) is 5.06. The van der Waals surface area contributed by atoms with E-state index in [2.05, 4.69) is 39.9 Å². The minimum Gasteiger partial charge on any atom is -0.335 e. The van der Waals surface area contributed by atoms with Crippen molar-refractivity contribution >= 4 is 17.4 Å². The topological polar surface area (TPSA) is 54.0 Å². The van der Waals surface area contributed by atoms with Crippen LogP contribution in [-0.4, -0.2) is 17.1 Å². The van der Waals surface area contributed by atoms with Crippen LogP contribution in [0.25, 0.3) is 0 Å². The molecule has 0 spiro atoms. The van der Waals surface area contributed by atoms with E-state index in [1.54, 1.807) is 17.5 Å². The molecule has 2 atom stereocenters. The van der Waals surface area contributed by atoms with E-state index in [-0.39, 0.29) is 12.1 Å². The zero-order valence-electron chi connectivity index (χ0n) is 12.5. The van der Waals surface area contributed by atoms with E-state index in [1.165, 1.54) is 18.4 Å². The fourth-order valence-corrected chi connectivity index (χ4v) is 3.66. The Bertz CT molecular complexity index is 585. The standard InChI is InChI=1S/C17H21N3OS/c21-17(19-12-16-18-9-10-22-16)20-15-8-4-7-14(15)11-13-5-2-1-3-6-13/h1-3,5-6,9-10,14-15H,4,7-8,11-12H2,(H2,19,20,21)/t14-,15+/m1/s1. The minimum atomic E-state index is -0.0832. The normalized spacial score (nSPS) is 20.7. The molecule has 1 aliphatic rings. The van der Waals surface area contributed by atoms with Gasteiger partial charge in [-0.25, -0.2) is 9.78 Å². The quantitative estimate of drug-likeness (QED) is 0.889. The first kappa shape index (κ1) is 15.0. The summed E-state index contributed by atoms with van der Waals surface area (Å²) in [7, 11) is 0. The fraction of sp³-hybridized carbons (Fsp3) is 0.412. The van der Waals surface area contributed by atoms with Crippen LogP contribution in [0.15, 0.2) is 41.9 Å². The molecule has 0 saturated heterocycles. The van der Waals surface area contributed by atoms with Crippen molar-refractivity contribution in [3.63, 3.8) is 0 Å². The fourth-order valence-electron chi connectivity index (χ4n) is 3.10. The van der Waals surface area contributed by atoms with Gasteiger partial charge in [0.05, 0.1) is 6.54 Å². The number of thiazole rings is 1. The molecule has 1 aromatic carbocycles. The number of nitrogens with one attached hydrogen (secondary N) is 2. The molecule has 0 aliphatic heterocycles. The van der Waals surface area contributed by atoms with Crippen molar-refractivity contribution < 1.29 is 4.79 Å². The maximum atomic E-state index is 12.0. The Morgan fingerprint density at radius 2 is 2.14 bits per heavy atom. The molecule has 0 bridgehead atoms. The number of carbonyl (C=O) groups is 1. The van der Waals surface area contributed by atoms with E-state index in [4.69, 9.17) is 0 Å². The summed E-state index contributed by atoms with van der Waals surface area (Å²) in [5.41, 5.74) is 1.35. The van der Waals surface area contributed by atoms with Crippen molar-refractivity contribution in [2.24, 2.45) is 5.92 Å². The highest BCUT2D eigenvalue weighted by Crippen LogP contribution is 2.28. The predicted molar refractivity (Wildman–Crippen MR) is 88.8 cm³/mol. The van der Waals surface area contributed by atoms with Gasteiger partial charge < -0.3 is 10.6 Å². The first-order valence-corrected chi connectivity index (χ1v) is 8.66. The third-order valence-electron chi connectivity index (χ3n) is 4.20. The summed E-state index contributed by atoms with van der Waals surface area (Å²) in [6.45, 7) is 0.500. The number of hydrogen-bond acceptors (Lipinski definition) is 3. The first-order valence-electron chi connectivity index (χ1n) is 7.78. The average molecular weight is 315 g/mol. The van der Waals surface area contributed by atoms with Crippen LogP contribution in [0.3, 0.4) is 0 Å². The molecular formula is C17H21N3OS. The van der Waals surface area contributed by atoms with Gasteiger partial charge in [0.15, 0.2) is 0 Å². The lowest BCUT2D eigenvalue weighted by molar-refractivity contribution is 0.233. The van der Waals surface area contributed by atoms with E-state index in [0.717, 1.165) is 17.8 Å². The number of aromatic nitrogens is 1. The molecule has 1 fully saturated rings. The number of hydrogen-bond donors (Lipinski definition) is 2. The Hall–Kier alpha value is -1.88. The van der Waals surface area contributed by atoms with Gasteiger partial charge in [0.25, 0.3) is 0 Å². The van der Waals surface area contributed by atoms with Crippen molar-refractivity contribution in [2.45, 2.75) is 38.3 Å². The van der Waals surface area contributed by atoms with Crippen LogP contribution in [0.1, 0.15) is 29.8 Å². The van der Waals surface area contributed by atoms with Crippen LogP contribution in [-0.2, 0) is 13.0 Å². The molecule has 1 aromatic heterocycles. The molecule has 1 saturated carbocycles. The second-order valence-electron chi connectivity index (χ2n) is 5.74. The van der Waals surface area contributed by atoms with Crippen molar-refractivity contribution in [3.05, 3.63) is 52.5 Å². The third-order valence-corrected chi connectivity index (χ3v) is 4.98. The highest BCUT2D eigenvalue weighted by Gasteiger charge is 2.28. The van der Waals surface area contributed by atoms with Crippen LogP contribution < -0.4 is 10.6 Å². The third kappa shape index (κ3) is 4.07. The molecule has 0 unspecified atom stereocenters. The second kappa shape index (κ2) is 7.40. The SMILES string of the molecule is O=C(NCc1nccs1)N[C@H]1CCC[C@@H]1Cc1ccccc1. The van der Waals surface area contributed by atoms with Gasteiger partial charge in [-0.15, -0.1) is 11.3 Å². The molecule has 116 valence electrons. The van der Waals surface area contributed by atoms with Crippen molar-refractivity contribution in [1.82, 2.24) is 15.6 Å². The van der Waals surface area contributed by atoms with Gasteiger partial charge in [0.1, 0.15) is 5.01 Å². The molecule has 1 heterocycles. The molecule has 1 aliphatic carbocycles. The molecule has 2 aromatic rings. The molecule has 2 amide bonds. The van der Waals surface area contributed by atoms with Crippen molar-refractivity contribution in [3.8, 4) is 0 Å². The van der Waals surface area contributed by atoms with E-state index < -0.39 is 0 Å². The summed E-state index contributed by atoms with van der Waals surface area (Å²) in [6.07, 6.45) is 6.24. The largest absolute Gasteiger partial charge is 0.335 e. The molecule has 4 nitrogen and oxygen atoms in total. The van der Waals surface area contributed by atoms with Gasteiger partial charge in [-0.1, -0.05) is 36.8 Å². The summed E-state index contributed by atoms with van der Waals surface area (Å²) in [6, 6.07) is 10.7. The van der Waals surface area contributed by atoms with E-state index in [9.17, 15) is 4.79 Å². The molecule has 22 heavy (non-hydrogen) atoms. The average Bonchev–Trinajstić information content (AvgIpc) is 3.19. The number of carbonyl (C=O) groups excluding carboxylic acids is 1. The van der Waals surface area contributed by atoms with E-state index in [1.807, 2.05) is 11.4 Å². The van der Waals surface area contributed by atoms with E-state index in [0.29, 0.717) is 12.5 Å². The molecule has 2 N–H and O–H groups in total. The summed E-state index contributed by atoms with van der Waals surface area (Å²) in [4.78, 5) is 16.2. The Balaban J connectivity index is 1.49. The summed E-state index contributed by atoms with van der Waals surface area (Å²) in [5, 5.41) is 8.88. The monoisotopic (exact) mass is 315 g/mol. The van der Waals surface area contributed by atoms with Gasteiger partial charge in [-0.05, 0) is 30.7 Å². The summed E-state index contributed by atoms with van der Waals surface area (Å²) in [5.74, 6) is 0.535. The van der Waals surface area contributed by atoms with Crippen LogP contribution in [0, 0.1) is 5.92 Å². The number of urea groups is 1. The van der Waals surface area contributed by atoms with Crippen molar-refractivity contribution in [1.29, 1.82) is 0 Å². The lowest BCUT2D eigenvalue weighted by Crippen LogP contribution is -2.43. The molecule has 3 rings (SSSR count). The minimum absolute atomic E-state index is 0.0832. The van der Waals surface area contributed by atoms with Gasteiger partial charge in [0.2, 0.25) is 0 Å². The highest BCUT2D eigenvalue weighted by molar-refractivity contribution is 7.09. The lowest BCUT2D eigenvalue weighted by atomic mass is 9.95. The Morgan fingerprint density at radius 1 is 1.27 bits per heavy atom. The highest BCUT2D eigenvalue weighted by atomic mass is 32.1. The first-order chi connectivity index (χ1) is 10.8. The number of amides is 2. The van der Waals surface area contributed by atoms with E-state index >= 15 is 0 Å². The maximum absolute atomic E-state index is 12.0. The number of benzene rings is 1. The second-order valence-corrected chi connectivity index (χ2v) is 6.72. The van der Waals surface area contributed by atoms with Gasteiger partial charge in [-0.3, -0.25) is 0 Å². The number of nitrogens with zero attached hydrogens (tertiary/aromatic N) is 1. The Labute approximate surface area is 135 Å². The summed E-state index contributed by atoms with van der Waals surface area (Å²) >= 11 is 1.56. The smallest absolute Gasteiger partial charge is 0.315 e. The molecular weight excluding hydrogens is 294 g/mol. The van der Waals surface area contributed by atoms with Gasteiger partial charge in [0, 0.05) is 17.6 Å². The van der Waals surface area contributed by atoms with Gasteiger partial charge in [-0.2, -0.15) is 0 Å². The van der Waals surface area contributed by atoms with Crippen LogP contribution in [0.4, 0.5) is 4.79 Å².